The fourth-order valence-electron chi connectivity index (χ4n) is 2.28. The molecule has 0 fully saturated rings. The Hall–Kier alpha value is -3.15. The van der Waals surface area contributed by atoms with Crippen molar-refractivity contribution in [2.45, 2.75) is 6.61 Å². The molecule has 0 N–H and O–H groups in total. The number of nitrogens with zero attached hydrogens (tertiary/aromatic N) is 3. The predicted octanol–water partition coefficient (Wildman–Crippen LogP) is 3.06. The molecular formula is C18H17N3O3. The zero-order valence-electron chi connectivity index (χ0n) is 13.3. The lowest BCUT2D eigenvalue weighted by molar-refractivity contribution is 0.0804. The molecule has 0 unspecified atom stereocenters. The Labute approximate surface area is 139 Å². The van der Waals surface area contributed by atoms with Gasteiger partial charge in [-0.1, -0.05) is 24.3 Å². The van der Waals surface area contributed by atoms with Crippen LogP contribution in [0.5, 0.6) is 5.75 Å². The van der Waals surface area contributed by atoms with Crippen LogP contribution < -0.4 is 4.74 Å². The number of ether oxygens (including phenoxy) is 1. The van der Waals surface area contributed by atoms with Gasteiger partial charge in [0, 0.05) is 25.2 Å². The van der Waals surface area contributed by atoms with E-state index in [-0.39, 0.29) is 18.2 Å². The van der Waals surface area contributed by atoms with Crippen LogP contribution in [0.3, 0.4) is 0 Å². The van der Waals surface area contributed by atoms with Crippen molar-refractivity contribution in [1.29, 1.82) is 0 Å². The molecule has 0 aliphatic heterocycles. The van der Waals surface area contributed by atoms with E-state index in [4.69, 9.17) is 9.15 Å². The molecule has 0 saturated carbocycles. The summed E-state index contributed by atoms with van der Waals surface area (Å²) in [6.45, 7) is 4.17. The standard InChI is InChI=1S/C18H17N3O3/c1-3-10-21(2)18(22)14-11-24-16(20-14)12-23-15-8-4-6-13-7-5-9-19-17(13)15/h3-9,11H,1,10,12H2,2H3. The fourth-order valence-corrected chi connectivity index (χ4v) is 2.28. The number of para-hydroxylation sites is 1. The number of rotatable bonds is 6. The minimum Gasteiger partial charge on any atom is -0.482 e. The van der Waals surface area contributed by atoms with Gasteiger partial charge in [-0.2, -0.15) is 0 Å². The molecular weight excluding hydrogens is 306 g/mol. The van der Waals surface area contributed by atoms with Gasteiger partial charge < -0.3 is 14.1 Å². The summed E-state index contributed by atoms with van der Waals surface area (Å²) in [6, 6.07) is 9.53. The first kappa shape index (κ1) is 15.7. The Bertz CT molecular complexity index is 867. The number of benzene rings is 1. The number of aromatic nitrogens is 2. The lowest BCUT2D eigenvalue weighted by Gasteiger charge is -2.11. The summed E-state index contributed by atoms with van der Waals surface area (Å²) in [6.07, 6.45) is 4.70. The third-order valence-electron chi connectivity index (χ3n) is 3.47. The monoisotopic (exact) mass is 323 g/mol. The van der Waals surface area contributed by atoms with E-state index in [9.17, 15) is 4.79 Å². The molecule has 0 atom stereocenters. The lowest BCUT2D eigenvalue weighted by atomic mass is 10.2. The SMILES string of the molecule is C=CCN(C)C(=O)c1coc(COc2cccc3cccnc23)n1. The first-order chi connectivity index (χ1) is 11.7. The predicted molar refractivity (Wildman–Crippen MR) is 89.7 cm³/mol. The van der Waals surface area contributed by atoms with Crippen molar-refractivity contribution in [3.63, 3.8) is 0 Å². The third kappa shape index (κ3) is 3.27. The topological polar surface area (TPSA) is 68.5 Å². The number of carbonyl (C=O) groups is 1. The van der Waals surface area contributed by atoms with Crippen molar-refractivity contribution in [3.05, 3.63) is 67.0 Å². The summed E-state index contributed by atoms with van der Waals surface area (Å²) in [4.78, 5) is 22.1. The van der Waals surface area contributed by atoms with Crippen LogP contribution >= 0.6 is 0 Å². The number of pyridine rings is 1. The highest BCUT2D eigenvalue weighted by Crippen LogP contribution is 2.23. The normalized spacial score (nSPS) is 10.5. The van der Waals surface area contributed by atoms with Crippen molar-refractivity contribution in [2.24, 2.45) is 0 Å². The van der Waals surface area contributed by atoms with Crippen LogP contribution in [-0.4, -0.2) is 34.4 Å². The van der Waals surface area contributed by atoms with Gasteiger partial charge in [0.25, 0.3) is 5.91 Å². The quantitative estimate of drug-likeness (QED) is 0.652. The van der Waals surface area contributed by atoms with Crippen LogP contribution in [-0.2, 0) is 6.61 Å². The largest absolute Gasteiger partial charge is 0.482 e. The number of carbonyl (C=O) groups excluding carboxylic acids is 1. The highest BCUT2D eigenvalue weighted by atomic mass is 16.5. The van der Waals surface area contributed by atoms with E-state index >= 15 is 0 Å². The second-order valence-electron chi connectivity index (χ2n) is 5.22. The summed E-state index contributed by atoms with van der Waals surface area (Å²) in [5.41, 5.74) is 1.02. The Morgan fingerprint density at radius 2 is 2.21 bits per heavy atom. The number of hydrogen-bond acceptors (Lipinski definition) is 5. The Balaban J connectivity index is 1.71. The molecule has 6 heteroatoms. The average molecular weight is 323 g/mol. The first-order valence-electron chi connectivity index (χ1n) is 7.46. The molecule has 1 aromatic carbocycles. The maximum atomic E-state index is 12.1. The number of fused-ring (bicyclic) bond motifs is 1. The molecule has 2 aromatic heterocycles. The highest BCUT2D eigenvalue weighted by Gasteiger charge is 2.16. The Morgan fingerprint density at radius 3 is 3.04 bits per heavy atom. The minimum absolute atomic E-state index is 0.119. The molecule has 24 heavy (non-hydrogen) atoms. The lowest BCUT2D eigenvalue weighted by Crippen LogP contribution is -2.26. The number of oxazole rings is 1. The van der Waals surface area contributed by atoms with Crippen molar-refractivity contribution in [3.8, 4) is 5.75 Å². The van der Waals surface area contributed by atoms with E-state index in [2.05, 4.69) is 16.5 Å². The van der Waals surface area contributed by atoms with E-state index in [0.29, 0.717) is 18.2 Å². The van der Waals surface area contributed by atoms with Gasteiger partial charge in [-0.05, 0) is 12.1 Å². The number of hydrogen-bond donors (Lipinski definition) is 0. The molecule has 0 bridgehead atoms. The second-order valence-corrected chi connectivity index (χ2v) is 5.22. The molecule has 1 amide bonds. The maximum Gasteiger partial charge on any atom is 0.275 e. The third-order valence-corrected chi connectivity index (χ3v) is 3.47. The fraction of sp³-hybridized carbons (Fsp3) is 0.167. The molecule has 0 radical (unpaired) electrons. The summed E-state index contributed by atoms with van der Waals surface area (Å²) < 4.78 is 11.1. The van der Waals surface area contributed by atoms with Gasteiger partial charge in [-0.25, -0.2) is 4.98 Å². The molecule has 0 spiro atoms. The average Bonchev–Trinajstić information content (AvgIpc) is 3.08. The second kappa shape index (κ2) is 6.95. The maximum absolute atomic E-state index is 12.1. The van der Waals surface area contributed by atoms with Crippen molar-refractivity contribution < 1.29 is 13.9 Å². The van der Waals surface area contributed by atoms with E-state index in [1.165, 1.54) is 11.2 Å². The van der Waals surface area contributed by atoms with Gasteiger partial charge in [0.1, 0.15) is 17.5 Å². The van der Waals surface area contributed by atoms with Crippen molar-refractivity contribution >= 4 is 16.8 Å². The van der Waals surface area contributed by atoms with Crippen LogP contribution in [0.25, 0.3) is 10.9 Å². The van der Waals surface area contributed by atoms with Gasteiger partial charge in [-0.15, -0.1) is 6.58 Å². The van der Waals surface area contributed by atoms with Crippen LogP contribution in [0, 0.1) is 0 Å². The molecule has 3 rings (SSSR count). The van der Waals surface area contributed by atoms with E-state index in [0.717, 1.165) is 10.9 Å². The van der Waals surface area contributed by atoms with E-state index < -0.39 is 0 Å². The summed E-state index contributed by atoms with van der Waals surface area (Å²) in [7, 11) is 1.68. The summed E-state index contributed by atoms with van der Waals surface area (Å²) in [5, 5.41) is 0.990. The Morgan fingerprint density at radius 1 is 1.38 bits per heavy atom. The van der Waals surface area contributed by atoms with Gasteiger partial charge in [-0.3, -0.25) is 9.78 Å². The molecule has 0 aliphatic rings. The zero-order valence-corrected chi connectivity index (χ0v) is 13.3. The van der Waals surface area contributed by atoms with Crippen molar-refractivity contribution in [1.82, 2.24) is 14.9 Å². The van der Waals surface area contributed by atoms with E-state index in [1.807, 2.05) is 30.3 Å². The van der Waals surface area contributed by atoms with Gasteiger partial charge in [0.05, 0.1) is 0 Å². The Kier molecular flexibility index (Phi) is 4.56. The van der Waals surface area contributed by atoms with Gasteiger partial charge in [0.2, 0.25) is 5.89 Å². The molecule has 2 heterocycles. The number of amides is 1. The zero-order chi connectivity index (χ0) is 16.9. The number of likely N-dealkylation sites (N-methyl/N-ethyl adjacent to an activating group) is 1. The smallest absolute Gasteiger partial charge is 0.275 e. The van der Waals surface area contributed by atoms with E-state index in [1.54, 1.807) is 19.3 Å². The van der Waals surface area contributed by atoms with Crippen LogP contribution in [0.4, 0.5) is 0 Å². The van der Waals surface area contributed by atoms with Crippen LogP contribution in [0.15, 0.2) is 59.9 Å². The molecule has 3 aromatic rings. The molecule has 122 valence electrons. The van der Waals surface area contributed by atoms with Crippen molar-refractivity contribution in [2.75, 3.05) is 13.6 Å². The molecule has 0 aliphatic carbocycles. The van der Waals surface area contributed by atoms with Crippen LogP contribution in [0.2, 0.25) is 0 Å². The van der Waals surface area contributed by atoms with Crippen LogP contribution in [0.1, 0.15) is 16.4 Å². The van der Waals surface area contributed by atoms with Gasteiger partial charge in [0.15, 0.2) is 12.3 Å². The molecule has 0 saturated heterocycles. The first-order valence-corrected chi connectivity index (χ1v) is 7.46. The summed E-state index contributed by atoms with van der Waals surface area (Å²) >= 11 is 0. The minimum atomic E-state index is -0.225. The summed E-state index contributed by atoms with van der Waals surface area (Å²) in [5.74, 6) is 0.748. The van der Waals surface area contributed by atoms with Gasteiger partial charge >= 0.3 is 0 Å². The highest BCUT2D eigenvalue weighted by molar-refractivity contribution is 5.91. The molecule has 6 nitrogen and oxygen atoms in total.